The van der Waals surface area contributed by atoms with Gasteiger partial charge in [0.25, 0.3) is 0 Å². The van der Waals surface area contributed by atoms with Crippen molar-refractivity contribution in [1.82, 2.24) is 14.8 Å². The van der Waals surface area contributed by atoms with Crippen LogP contribution < -0.4 is 0 Å². The maximum atomic E-state index is 4.61. The molecule has 1 heterocycles. The molecule has 0 fully saturated rings. The third-order valence-electron chi connectivity index (χ3n) is 0.852. The first-order valence-corrected chi connectivity index (χ1v) is 2.61. The molecule has 0 amide bonds. The van der Waals surface area contributed by atoms with Gasteiger partial charge in [-0.05, 0) is 0 Å². The number of hydrogen-bond donors (Lipinski definition) is 0. The van der Waals surface area contributed by atoms with Gasteiger partial charge in [-0.1, -0.05) is 12.2 Å². The van der Waals surface area contributed by atoms with E-state index in [0.717, 1.165) is 5.82 Å². The quantitative estimate of drug-likeness (QED) is 0.503. The van der Waals surface area contributed by atoms with Crippen LogP contribution in [0.2, 0.25) is 0 Å². The van der Waals surface area contributed by atoms with Crippen molar-refractivity contribution in [1.29, 1.82) is 0 Å². The van der Waals surface area contributed by atoms with E-state index in [2.05, 4.69) is 22.3 Å². The molecule has 0 aliphatic rings. The Kier molecular flexibility index (Phi) is 1.34. The van der Waals surface area contributed by atoms with E-state index < -0.39 is 0 Å². The first-order valence-electron chi connectivity index (χ1n) is 2.14. The van der Waals surface area contributed by atoms with E-state index in [9.17, 15) is 0 Å². The van der Waals surface area contributed by atoms with Gasteiger partial charge in [-0.3, -0.25) is 0 Å². The van der Waals surface area contributed by atoms with Crippen LogP contribution in [0.4, 0.5) is 0 Å². The highest BCUT2D eigenvalue weighted by atomic mass is 32.1. The Balaban J connectivity index is 3.09. The number of aryl methyl sites for hydroxylation is 1. The van der Waals surface area contributed by atoms with Gasteiger partial charge < -0.3 is 0 Å². The summed E-state index contributed by atoms with van der Waals surface area (Å²) in [6.45, 7) is 0. The average molecular weight is 127 g/mol. The van der Waals surface area contributed by atoms with E-state index in [1.54, 1.807) is 11.7 Å². The lowest BCUT2D eigenvalue weighted by Crippen LogP contribution is -1.95. The molecule has 0 unspecified atom stereocenters. The standard InChI is InChI=1S/C4H5N3S/c1-7-4(2-8)5-3-6-7/h2-3H,1H3. The van der Waals surface area contributed by atoms with Crippen molar-refractivity contribution in [2.75, 3.05) is 0 Å². The topological polar surface area (TPSA) is 30.7 Å². The van der Waals surface area contributed by atoms with Crippen molar-refractivity contribution in [2.24, 2.45) is 7.05 Å². The summed E-state index contributed by atoms with van der Waals surface area (Å²) in [7, 11) is 1.80. The Hall–Kier alpha value is -0.770. The molecule has 8 heavy (non-hydrogen) atoms. The van der Waals surface area contributed by atoms with Crippen molar-refractivity contribution >= 4 is 17.6 Å². The van der Waals surface area contributed by atoms with Crippen LogP contribution >= 0.6 is 12.2 Å². The van der Waals surface area contributed by atoms with Gasteiger partial charge >= 0.3 is 0 Å². The molecule has 0 saturated heterocycles. The SMILES string of the molecule is Cn1ncnc1C=S. The van der Waals surface area contributed by atoms with Crippen LogP contribution in [0.3, 0.4) is 0 Å². The van der Waals surface area contributed by atoms with Crippen LogP contribution in [0.5, 0.6) is 0 Å². The van der Waals surface area contributed by atoms with Gasteiger partial charge in [0.05, 0.1) is 0 Å². The number of aromatic nitrogens is 3. The zero-order valence-corrected chi connectivity index (χ0v) is 5.22. The molecule has 0 aromatic carbocycles. The highest BCUT2D eigenvalue weighted by molar-refractivity contribution is 7.79. The minimum Gasteiger partial charge on any atom is -0.249 e. The van der Waals surface area contributed by atoms with Crippen molar-refractivity contribution in [2.45, 2.75) is 0 Å². The maximum absolute atomic E-state index is 4.61. The number of nitrogens with zero attached hydrogens (tertiary/aromatic N) is 3. The van der Waals surface area contributed by atoms with Crippen LogP contribution in [0, 0.1) is 0 Å². The zero-order valence-electron chi connectivity index (χ0n) is 4.40. The van der Waals surface area contributed by atoms with Crippen molar-refractivity contribution in [3.8, 4) is 0 Å². The molecule has 0 radical (unpaired) electrons. The summed E-state index contributed by atoms with van der Waals surface area (Å²) in [4.78, 5) is 3.83. The fourth-order valence-corrected chi connectivity index (χ4v) is 0.625. The van der Waals surface area contributed by atoms with Gasteiger partial charge in [-0.15, -0.1) is 0 Å². The molecule has 0 aliphatic carbocycles. The van der Waals surface area contributed by atoms with Gasteiger partial charge in [0.15, 0.2) is 5.82 Å². The zero-order chi connectivity index (χ0) is 5.98. The highest BCUT2D eigenvalue weighted by Crippen LogP contribution is 1.82. The monoisotopic (exact) mass is 127 g/mol. The third-order valence-corrected chi connectivity index (χ3v) is 1.06. The van der Waals surface area contributed by atoms with Gasteiger partial charge in [-0.25, -0.2) is 9.67 Å². The van der Waals surface area contributed by atoms with Gasteiger partial charge in [-0.2, -0.15) is 5.10 Å². The molecule has 0 saturated carbocycles. The first-order chi connectivity index (χ1) is 3.84. The van der Waals surface area contributed by atoms with Crippen molar-refractivity contribution < 1.29 is 0 Å². The average Bonchev–Trinajstić information content (AvgIpc) is 2.14. The molecule has 0 N–H and O–H groups in total. The lowest BCUT2D eigenvalue weighted by atomic mass is 10.7. The number of rotatable bonds is 1. The van der Waals surface area contributed by atoms with E-state index in [-0.39, 0.29) is 0 Å². The second kappa shape index (κ2) is 2.00. The minimum absolute atomic E-state index is 0.722. The molecule has 0 atom stereocenters. The Morgan fingerprint density at radius 3 is 2.88 bits per heavy atom. The summed E-state index contributed by atoms with van der Waals surface area (Å²) in [5.41, 5.74) is 0. The van der Waals surface area contributed by atoms with Crippen molar-refractivity contribution in [3.05, 3.63) is 12.2 Å². The Morgan fingerprint density at radius 1 is 1.88 bits per heavy atom. The summed E-state index contributed by atoms with van der Waals surface area (Å²) < 4.78 is 1.62. The predicted octanol–water partition coefficient (Wildman–Crippen LogP) is 0.163. The van der Waals surface area contributed by atoms with E-state index in [1.165, 1.54) is 11.7 Å². The van der Waals surface area contributed by atoms with E-state index in [0.29, 0.717) is 0 Å². The molecule has 3 nitrogen and oxygen atoms in total. The molecular formula is C4H5N3S. The van der Waals surface area contributed by atoms with Crippen LogP contribution in [-0.4, -0.2) is 20.1 Å². The van der Waals surface area contributed by atoms with Gasteiger partial charge in [0, 0.05) is 12.4 Å². The Morgan fingerprint density at radius 2 is 2.62 bits per heavy atom. The lowest BCUT2D eigenvalue weighted by Gasteiger charge is -1.85. The second-order valence-electron chi connectivity index (χ2n) is 1.36. The third kappa shape index (κ3) is 0.742. The molecule has 1 rings (SSSR count). The first kappa shape index (κ1) is 5.37. The van der Waals surface area contributed by atoms with Crippen LogP contribution in [-0.2, 0) is 7.05 Å². The summed E-state index contributed by atoms with van der Waals surface area (Å²) in [6.07, 6.45) is 1.47. The predicted molar refractivity (Wildman–Crippen MR) is 33.8 cm³/mol. The van der Waals surface area contributed by atoms with Gasteiger partial charge in [0.1, 0.15) is 6.33 Å². The summed E-state index contributed by atoms with van der Waals surface area (Å²) in [6, 6.07) is 0. The van der Waals surface area contributed by atoms with Crippen molar-refractivity contribution in [3.63, 3.8) is 0 Å². The largest absolute Gasteiger partial charge is 0.249 e. The number of thiocarbonyl (C=S) groups is 1. The van der Waals surface area contributed by atoms with E-state index >= 15 is 0 Å². The highest BCUT2D eigenvalue weighted by Gasteiger charge is 1.90. The Bertz CT molecular complexity index is 193. The van der Waals surface area contributed by atoms with Crippen LogP contribution in [0.25, 0.3) is 0 Å². The molecular weight excluding hydrogens is 122 g/mol. The fraction of sp³-hybridized carbons (Fsp3) is 0.250. The molecule has 1 aromatic rings. The van der Waals surface area contributed by atoms with E-state index in [4.69, 9.17) is 0 Å². The molecule has 0 bridgehead atoms. The molecule has 0 aliphatic heterocycles. The Labute approximate surface area is 52.3 Å². The van der Waals surface area contributed by atoms with Gasteiger partial charge in [0.2, 0.25) is 0 Å². The van der Waals surface area contributed by atoms with Crippen LogP contribution in [0.1, 0.15) is 5.82 Å². The summed E-state index contributed by atoms with van der Waals surface area (Å²) in [5.74, 6) is 0.722. The molecule has 42 valence electrons. The normalized spacial score (nSPS) is 9.12. The summed E-state index contributed by atoms with van der Waals surface area (Å²) >= 11 is 4.61. The van der Waals surface area contributed by atoms with E-state index in [1.807, 2.05) is 0 Å². The number of hydrogen-bond acceptors (Lipinski definition) is 3. The molecule has 0 spiro atoms. The summed E-state index contributed by atoms with van der Waals surface area (Å²) in [5, 5.41) is 5.29. The molecule has 4 heteroatoms. The lowest BCUT2D eigenvalue weighted by molar-refractivity contribution is 0.760. The van der Waals surface area contributed by atoms with Crippen LogP contribution in [0.15, 0.2) is 6.33 Å². The smallest absolute Gasteiger partial charge is 0.161 e. The second-order valence-corrected chi connectivity index (χ2v) is 1.60. The maximum Gasteiger partial charge on any atom is 0.161 e. The fourth-order valence-electron chi connectivity index (χ4n) is 0.412. The molecule has 1 aromatic heterocycles. The minimum atomic E-state index is 0.722.